The zero-order valence-corrected chi connectivity index (χ0v) is 14.0. The van der Waals surface area contributed by atoms with Gasteiger partial charge < -0.3 is 10.6 Å². The van der Waals surface area contributed by atoms with Crippen LogP contribution in [0.4, 0.5) is 5.69 Å². The first-order valence-corrected chi connectivity index (χ1v) is 7.70. The molecule has 2 N–H and O–H groups in total. The molecule has 122 valence electrons. The molecule has 1 aliphatic heterocycles. The summed E-state index contributed by atoms with van der Waals surface area (Å²) in [5.41, 5.74) is 2.29. The quantitative estimate of drug-likeness (QED) is 0.889. The molecule has 1 fully saturated rings. The molecule has 1 amide bonds. The average Bonchev–Trinajstić information content (AvgIpc) is 2.57. The number of nitrogens with one attached hydrogen (secondary N) is 2. The number of nitrogens with zero attached hydrogens (tertiary/aromatic N) is 2. The Hall–Kier alpha value is -1.69. The zero-order chi connectivity index (χ0) is 15.4. The highest BCUT2D eigenvalue weighted by atomic mass is 35.5. The van der Waals surface area contributed by atoms with Crippen molar-refractivity contribution < 1.29 is 4.79 Å². The molecule has 1 aromatic heterocycles. The molecule has 3 rings (SSSR count). The lowest BCUT2D eigenvalue weighted by Crippen LogP contribution is -2.28. The van der Waals surface area contributed by atoms with Crippen LogP contribution >= 0.6 is 24.0 Å². The molecule has 1 atom stereocenters. The standard InChI is InChI=1S/C16H17ClN4O.ClH/c17-15-10-19-14(9-20-15)16(22)21-13-5-3-11(4-6-13)12-2-1-7-18-8-12;/h3-6,9-10,12,18H,1-2,7-8H2,(H,21,22);1H/t12-;/m0./s1. The fourth-order valence-corrected chi connectivity index (χ4v) is 2.70. The lowest BCUT2D eigenvalue weighted by Gasteiger charge is -2.23. The van der Waals surface area contributed by atoms with Gasteiger partial charge in [0.1, 0.15) is 10.8 Å². The van der Waals surface area contributed by atoms with E-state index in [2.05, 4.69) is 32.7 Å². The maximum Gasteiger partial charge on any atom is 0.275 e. The molecule has 1 aliphatic rings. The third kappa shape index (κ3) is 4.64. The van der Waals surface area contributed by atoms with E-state index in [9.17, 15) is 4.79 Å². The van der Waals surface area contributed by atoms with Crippen LogP contribution < -0.4 is 10.6 Å². The fraction of sp³-hybridized carbons (Fsp3) is 0.312. The maximum absolute atomic E-state index is 12.0. The van der Waals surface area contributed by atoms with Crippen molar-refractivity contribution in [3.8, 4) is 0 Å². The van der Waals surface area contributed by atoms with Crippen LogP contribution in [0.3, 0.4) is 0 Å². The molecular formula is C16H18Cl2N4O. The Bertz CT molecular complexity index is 640. The number of hydrogen-bond acceptors (Lipinski definition) is 4. The van der Waals surface area contributed by atoms with Gasteiger partial charge in [-0.2, -0.15) is 0 Å². The second-order valence-electron chi connectivity index (χ2n) is 5.34. The van der Waals surface area contributed by atoms with Gasteiger partial charge in [0.15, 0.2) is 0 Å². The Morgan fingerprint density at radius 3 is 2.61 bits per heavy atom. The molecule has 0 spiro atoms. The van der Waals surface area contributed by atoms with Crippen LogP contribution in [0.1, 0.15) is 34.8 Å². The molecule has 23 heavy (non-hydrogen) atoms. The van der Waals surface area contributed by atoms with Crippen molar-refractivity contribution in [1.29, 1.82) is 0 Å². The van der Waals surface area contributed by atoms with Crippen LogP contribution in [0, 0.1) is 0 Å². The van der Waals surface area contributed by atoms with Crippen molar-refractivity contribution in [2.45, 2.75) is 18.8 Å². The number of halogens is 2. The highest BCUT2D eigenvalue weighted by Crippen LogP contribution is 2.24. The summed E-state index contributed by atoms with van der Waals surface area (Å²) >= 11 is 5.66. The highest BCUT2D eigenvalue weighted by molar-refractivity contribution is 6.29. The van der Waals surface area contributed by atoms with E-state index in [0.29, 0.717) is 5.92 Å². The van der Waals surface area contributed by atoms with Crippen LogP contribution in [-0.4, -0.2) is 29.0 Å². The van der Waals surface area contributed by atoms with Gasteiger partial charge in [-0.25, -0.2) is 9.97 Å². The number of carbonyl (C=O) groups excluding carboxylic acids is 1. The van der Waals surface area contributed by atoms with Gasteiger partial charge in [0, 0.05) is 12.2 Å². The molecule has 0 saturated carbocycles. The van der Waals surface area contributed by atoms with Gasteiger partial charge in [-0.3, -0.25) is 4.79 Å². The topological polar surface area (TPSA) is 66.9 Å². The first-order chi connectivity index (χ1) is 10.7. The van der Waals surface area contributed by atoms with Gasteiger partial charge >= 0.3 is 0 Å². The number of aromatic nitrogens is 2. The number of carbonyl (C=O) groups is 1. The van der Waals surface area contributed by atoms with E-state index in [-0.39, 0.29) is 29.2 Å². The SMILES string of the molecule is Cl.O=C(Nc1ccc([C@H]2CCCNC2)cc1)c1cnc(Cl)cn1. The van der Waals surface area contributed by atoms with E-state index in [4.69, 9.17) is 11.6 Å². The minimum Gasteiger partial charge on any atom is -0.321 e. The monoisotopic (exact) mass is 352 g/mol. The second-order valence-corrected chi connectivity index (χ2v) is 5.73. The van der Waals surface area contributed by atoms with Crippen LogP contribution in [0.25, 0.3) is 0 Å². The molecule has 1 saturated heterocycles. The lowest BCUT2D eigenvalue weighted by atomic mass is 9.92. The number of amides is 1. The number of benzene rings is 1. The van der Waals surface area contributed by atoms with Crippen LogP contribution in [-0.2, 0) is 0 Å². The van der Waals surface area contributed by atoms with E-state index < -0.39 is 0 Å². The summed E-state index contributed by atoms with van der Waals surface area (Å²) in [7, 11) is 0. The van der Waals surface area contributed by atoms with Crippen molar-refractivity contribution in [3.63, 3.8) is 0 Å². The molecule has 0 radical (unpaired) electrons. The van der Waals surface area contributed by atoms with Crippen molar-refractivity contribution in [1.82, 2.24) is 15.3 Å². The first kappa shape index (κ1) is 17.7. The lowest BCUT2D eigenvalue weighted by molar-refractivity contribution is 0.102. The van der Waals surface area contributed by atoms with Gasteiger partial charge in [0.05, 0.1) is 12.4 Å². The first-order valence-electron chi connectivity index (χ1n) is 7.32. The molecule has 7 heteroatoms. The Labute approximate surface area is 146 Å². The number of anilines is 1. The number of rotatable bonds is 3. The molecule has 0 bridgehead atoms. The maximum atomic E-state index is 12.0. The van der Waals surface area contributed by atoms with Crippen molar-refractivity contribution in [2.75, 3.05) is 18.4 Å². The Morgan fingerprint density at radius 2 is 2.00 bits per heavy atom. The summed E-state index contributed by atoms with van der Waals surface area (Å²) in [6.45, 7) is 2.12. The molecule has 0 unspecified atom stereocenters. The van der Waals surface area contributed by atoms with Crippen LogP contribution in [0.5, 0.6) is 0 Å². The summed E-state index contributed by atoms with van der Waals surface area (Å²) in [6.07, 6.45) is 5.13. The fourth-order valence-electron chi connectivity index (χ4n) is 2.60. The average molecular weight is 353 g/mol. The van der Waals surface area contributed by atoms with Gasteiger partial charge in [-0.15, -0.1) is 12.4 Å². The second kappa shape index (κ2) is 8.24. The number of piperidine rings is 1. The summed E-state index contributed by atoms with van der Waals surface area (Å²) in [5.74, 6) is 0.261. The van der Waals surface area contributed by atoms with Gasteiger partial charge in [-0.1, -0.05) is 23.7 Å². The van der Waals surface area contributed by atoms with Gasteiger partial charge in [-0.05, 0) is 43.0 Å². The smallest absolute Gasteiger partial charge is 0.275 e. The minimum atomic E-state index is -0.295. The van der Waals surface area contributed by atoms with Crippen LogP contribution in [0.15, 0.2) is 36.7 Å². The van der Waals surface area contributed by atoms with Crippen molar-refractivity contribution in [2.24, 2.45) is 0 Å². The molecule has 1 aromatic carbocycles. The van der Waals surface area contributed by atoms with E-state index in [1.54, 1.807) is 0 Å². The van der Waals surface area contributed by atoms with Crippen LogP contribution in [0.2, 0.25) is 5.15 Å². The Morgan fingerprint density at radius 1 is 1.22 bits per heavy atom. The van der Waals surface area contributed by atoms with E-state index in [0.717, 1.165) is 18.8 Å². The molecule has 5 nitrogen and oxygen atoms in total. The summed E-state index contributed by atoms with van der Waals surface area (Å²) in [4.78, 5) is 19.8. The minimum absolute atomic E-state index is 0. The zero-order valence-electron chi connectivity index (χ0n) is 12.5. The molecule has 2 heterocycles. The molecule has 0 aliphatic carbocycles. The largest absolute Gasteiger partial charge is 0.321 e. The van der Waals surface area contributed by atoms with Crippen molar-refractivity contribution >= 4 is 35.6 Å². The van der Waals surface area contributed by atoms with E-state index >= 15 is 0 Å². The summed E-state index contributed by atoms with van der Waals surface area (Å²) in [5, 5.41) is 6.48. The van der Waals surface area contributed by atoms with Gasteiger partial charge in [0.25, 0.3) is 5.91 Å². The number of hydrogen-bond donors (Lipinski definition) is 2. The summed E-state index contributed by atoms with van der Waals surface area (Å²) < 4.78 is 0. The molecular weight excluding hydrogens is 335 g/mol. The summed E-state index contributed by atoms with van der Waals surface area (Å²) in [6, 6.07) is 7.98. The Kier molecular flexibility index (Phi) is 6.33. The van der Waals surface area contributed by atoms with E-state index in [1.165, 1.54) is 30.8 Å². The predicted octanol–water partition coefficient (Wildman–Crippen LogP) is 3.27. The third-order valence-electron chi connectivity index (χ3n) is 3.79. The van der Waals surface area contributed by atoms with Gasteiger partial charge in [0.2, 0.25) is 0 Å². The predicted molar refractivity (Wildman–Crippen MR) is 93.5 cm³/mol. The highest BCUT2D eigenvalue weighted by Gasteiger charge is 2.15. The normalized spacial score (nSPS) is 17.2. The van der Waals surface area contributed by atoms with Crippen molar-refractivity contribution in [3.05, 3.63) is 53.1 Å². The third-order valence-corrected chi connectivity index (χ3v) is 3.98. The van der Waals surface area contributed by atoms with E-state index in [1.807, 2.05) is 12.1 Å². The molecule has 2 aromatic rings. The Balaban J connectivity index is 0.00000192.